The molecule has 0 aromatic rings. The maximum Gasteiger partial charge on any atom is 0.306 e. The molecule has 362 valence electrons. The molecule has 0 aromatic heterocycles. The minimum atomic E-state index is -0.782. The van der Waals surface area contributed by atoms with Crippen molar-refractivity contribution in [2.24, 2.45) is 0 Å². The Morgan fingerprint density at radius 1 is 0.459 bits per heavy atom. The van der Waals surface area contributed by atoms with Crippen LogP contribution in [0.25, 0.3) is 0 Å². The molecule has 0 aliphatic heterocycles. The molecule has 0 aromatic carbocycles. The summed E-state index contributed by atoms with van der Waals surface area (Å²) in [6, 6.07) is -0.695. The van der Waals surface area contributed by atoms with Crippen LogP contribution in [0.15, 0.2) is 12.2 Å². The summed E-state index contributed by atoms with van der Waals surface area (Å²) in [5.74, 6) is -0.464. The van der Waals surface area contributed by atoms with E-state index < -0.39 is 18.2 Å². The Kier molecular flexibility index (Phi) is 48.5. The molecule has 61 heavy (non-hydrogen) atoms. The van der Waals surface area contributed by atoms with Gasteiger partial charge in [-0.1, -0.05) is 251 Å². The lowest BCUT2D eigenvalue weighted by Crippen LogP contribution is -2.46. The molecule has 3 N–H and O–H groups in total. The summed E-state index contributed by atoms with van der Waals surface area (Å²) in [5.41, 5.74) is 0. The number of nitrogens with one attached hydrogen (secondary N) is 1. The molecule has 3 unspecified atom stereocenters. The van der Waals surface area contributed by atoms with Crippen LogP contribution < -0.4 is 5.32 Å². The Morgan fingerprint density at radius 2 is 0.787 bits per heavy atom. The van der Waals surface area contributed by atoms with Gasteiger partial charge in [0.15, 0.2) is 0 Å². The van der Waals surface area contributed by atoms with Crippen LogP contribution in [0.4, 0.5) is 0 Å². The van der Waals surface area contributed by atoms with Crippen LogP contribution in [0.2, 0.25) is 0 Å². The second-order valence-corrected chi connectivity index (χ2v) is 19.0. The standard InChI is InChI=1S/C55H107NO5/c1-4-7-10-13-16-19-21-23-25-26-27-29-31-33-36-39-42-45-48-55(60)61-51(46-43-40-37-35-32-30-28-24-22-20-17-14-11-8-5-2)49-54(59)56-52(50-57)53(58)47-44-41-38-34-18-15-12-9-6-3/h27,29,51-53,57-58H,4-26,28,30-50H2,1-3H3,(H,56,59)/b29-27+. The highest BCUT2D eigenvalue weighted by atomic mass is 16.5. The highest BCUT2D eigenvalue weighted by Crippen LogP contribution is 2.19. The van der Waals surface area contributed by atoms with Crippen LogP contribution in [0.5, 0.6) is 0 Å². The van der Waals surface area contributed by atoms with Gasteiger partial charge in [0.25, 0.3) is 0 Å². The van der Waals surface area contributed by atoms with E-state index in [2.05, 4.69) is 38.2 Å². The Bertz CT molecular complexity index is 924. The predicted molar refractivity (Wildman–Crippen MR) is 264 cm³/mol. The minimum absolute atomic E-state index is 0.0816. The number of esters is 1. The number of hydrogen-bond donors (Lipinski definition) is 3. The number of hydrogen-bond acceptors (Lipinski definition) is 5. The summed E-state index contributed by atoms with van der Waals surface area (Å²) in [4.78, 5) is 26.2. The van der Waals surface area contributed by atoms with E-state index in [1.165, 1.54) is 205 Å². The Balaban J connectivity index is 4.50. The van der Waals surface area contributed by atoms with Crippen LogP contribution >= 0.6 is 0 Å². The molecular weight excluding hydrogens is 755 g/mol. The van der Waals surface area contributed by atoms with Crippen molar-refractivity contribution in [3.8, 4) is 0 Å². The molecular formula is C55H107NO5. The molecule has 0 saturated heterocycles. The van der Waals surface area contributed by atoms with Crippen molar-refractivity contribution in [1.29, 1.82) is 0 Å². The SMILES string of the molecule is CCCCCCCCCCC/C=C/CCCCCCCC(=O)OC(CCCCCCCCCCCCCCCCC)CC(=O)NC(CO)C(O)CCCCCCCCCCC. The first-order chi connectivity index (χ1) is 30.0. The first kappa shape index (κ1) is 59.6. The van der Waals surface area contributed by atoms with Gasteiger partial charge in [-0.05, 0) is 51.4 Å². The van der Waals surface area contributed by atoms with E-state index in [9.17, 15) is 19.8 Å². The highest BCUT2D eigenvalue weighted by molar-refractivity contribution is 5.77. The molecule has 0 aliphatic carbocycles. The van der Waals surface area contributed by atoms with Crippen LogP contribution in [0.3, 0.4) is 0 Å². The number of aliphatic hydroxyl groups is 2. The Morgan fingerprint density at radius 3 is 1.16 bits per heavy atom. The molecule has 0 spiro atoms. The molecule has 0 aliphatic rings. The third-order valence-corrected chi connectivity index (χ3v) is 12.8. The van der Waals surface area contributed by atoms with Gasteiger partial charge in [-0.25, -0.2) is 0 Å². The summed E-state index contributed by atoms with van der Waals surface area (Å²) in [6.45, 7) is 6.50. The number of ether oxygens (including phenoxy) is 1. The average molecular weight is 862 g/mol. The zero-order valence-corrected chi connectivity index (χ0v) is 41.3. The van der Waals surface area contributed by atoms with Crippen molar-refractivity contribution in [1.82, 2.24) is 5.32 Å². The predicted octanol–water partition coefficient (Wildman–Crippen LogP) is 16.5. The molecule has 0 radical (unpaired) electrons. The van der Waals surface area contributed by atoms with E-state index in [4.69, 9.17) is 4.74 Å². The van der Waals surface area contributed by atoms with E-state index in [1.807, 2.05) is 0 Å². The summed E-state index contributed by atoms with van der Waals surface area (Å²) in [7, 11) is 0. The third-order valence-electron chi connectivity index (χ3n) is 12.8. The molecule has 6 nitrogen and oxygen atoms in total. The molecule has 0 fully saturated rings. The van der Waals surface area contributed by atoms with E-state index in [0.717, 1.165) is 51.4 Å². The largest absolute Gasteiger partial charge is 0.462 e. The summed E-state index contributed by atoms with van der Waals surface area (Å²) in [5, 5.41) is 23.7. The second-order valence-electron chi connectivity index (χ2n) is 19.0. The molecule has 0 bridgehead atoms. The number of amides is 1. The fourth-order valence-electron chi connectivity index (χ4n) is 8.66. The number of carbonyl (C=O) groups excluding carboxylic acids is 2. The van der Waals surface area contributed by atoms with Crippen molar-refractivity contribution >= 4 is 11.9 Å². The topological polar surface area (TPSA) is 95.9 Å². The summed E-state index contributed by atoms with van der Waals surface area (Å²) < 4.78 is 5.95. The van der Waals surface area contributed by atoms with Gasteiger partial charge >= 0.3 is 5.97 Å². The second kappa shape index (κ2) is 49.6. The number of unbranched alkanes of at least 4 members (excludes halogenated alkanes) is 36. The van der Waals surface area contributed by atoms with E-state index in [-0.39, 0.29) is 24.9 Å². The Labute approximate surface area is 380 Å². The van der Waals surface area contributed by atoms with Gasteiger partial charge < -0.3 is 20.3 Å². The van der Waals surface area contributed by atoms with Gasteiger partial charge in [-0.3, -0.25) is 9.59 Å². The fourth-order valence-corrected chi connectivity index (χ4v) is 8.66. The number of aliphatic hydroxyl groups excluding tert-OH is 2. The lowest BCUT2D eigenvalue weighted by molar-refractivity contribution is -0.151. The third kappa shape index (κ3) is 45.0. The zero-order valence-electron chi connectivity index (χ0n) is 41.3. The first-order valence-corrected chi connectivity index (χ1v) is 27.4. The lowest BCUT2D eigenvalue weighted by atomic mass is 10.0. The van der Waals surface area contributed by atoms with Crippen molar-refractivity contribution in [2.45, 2.75) is 322 Å². The number of rotatable bonds is 50. The van der Waals surface area contributed by atoms with Crippen molar-refractivity contribution in [3.05, 3.63) is 12.2 Å². The van der Waals surface area contributed by atoms with E-state index in [0.29, 0.717) is 19.3 Å². The van der Waals surface area contributed by atoms with Crippen LogP contribution in [-0.2, 0) is 14.3 Å². The average Bonchev–Trinajstić information content (AvgIpc) is 3.25. The van der Waals surface area contributed by atoms with Crippen molar-refractivity contribution in [3.63, 3.8) is 0 Å². The van der Waals surface area contributed by atoms with Crippen LogP contribution in [0.1, 0.15) is 303 Å². The fraction of sp³-hybridized carbons (Fsp3) is 0.927. The minimum Gasteiger partial charge on any atom is -0.462 e. The zero-order chi connectivity index (χ0) is 44.5. The summed E-state index contributed by atoms with van der Waals surface area (Å²) in [6.07, 6.45) is 55.7. The van der Waals surface area contributed by atoms with Gasteiger partial charge in [-0.15, -0.1) is 0 Å². The summed E-state index contributed by atoms with van der Waals surface area (Å²) >= 11 is 0. The van der Waals surface area contributed by atoms with Gasteiger partial charge in [0.2, 0.25) is 5.91 Å². The first-order valence-electron chi connectivity index (χ1n) is 27.4. The maximum atomic E-state index is 13.2. The van der Waals surface area contributed by atoms with Gasteiger partial charge in [-0.2, -0.15) is 0 Å². The molecule has 3 atom stereocenters. The highest BCUT2D eigenvalue weighted by Gasteiger charge is 2.24. The van der Waals surface area contributed by atoms with Gasteiger partial charge in [0.05, 0.1) is 25.2 Å². The normalized spacial score (nSPS) is 13.2. The van der Waals surface area contributed by atoms with Crippen molar-refractivity contribution < 1.29 is 24.5 Å². The van der Waals surface area contributed by atoms with Crippen molar-refractivity contribution in [2.75, 3.05) is 6.61 Å². The molecule has 1 amide bonds. The maximum absolute atomic E-state index is 13.2. The number of allylic oxidation sites excluding steroid dienone is 2. The quantitative estimate of drug-likeness (QED) is 0.0322. The van der Waals surface area contributed by atoms with Gasteiger partial charge in [0.1, 0.15) is 6.10 Å². The lowest BCUT2D eigenvalue weighted by Gasteiger charge is -2.24. The van der Waals surface area contributed by atoms with Crippen LogP contribution in [0, 0.1) is 0 Å². The number of carbonyl (C=O) groups is 2. The van der Waals surface area contributed by atoms with E-state index >= 15 is 0 Å². The van der Waals surface area contributed by atoms with Crippen LogP contribution in [-0.4, -0.2) is 46.9 Å². The smallest absolute Gasteiger partial charge is 0.306 e. The molecule has 0 saturated carbocycles. The molecule has 0 rings (SSSR count). The monoisotopic (exact) mass is 862 g/mol. The Hall–Kier alpha value is -1.40. The van der Waals surface area contributed by atoms with Gasteiger partial charge in [0, 0.05) is 6.42 Å². The van der Waals surface area contributed by atoms with E-state index in [1.54, 1.807) is 0 Å². The molecule has 0 heterocycles. The molecule has 6 heteroatoms.